The van der Waals surface area contributed by atoms with Gasteiger partial charge in [-0.1, -0.05) is 20.4 Å². The molecule has 0 aromatic carbocycles. The van der Waals surface area contributed by atoms with Crippen molar-refractivity contribution in [1.82, 2.24) is 14.5 Å². The summed E-state index contributed by atoms with van der Waals surface area (Å²) in [6, 6.07) is 0. The van der Waals surface area contributed by atoms with Gasteiger partial charge >= 0.3 is 0 Å². The van der Waals surface area contributed by atoms with E-state index in [2.05, 4.69) is 25.5 Å². The maximum Gasteiger partial charge on any atom is 0.267 e. The van der Waals surface area contributed by atoms with Crippen molar-refractivity contribution in [3.63, 3.8) is 0 Å². The van der Waals surface area contributed by atoms with Crippen LogP contribution in [0.25, 0.3) is 0 Å². The van der Waals surface area contributed by atoms with Crippen LogP contribution in [-0.4, -0.2) is 45.2 Å². The van der Waals surface area contributed by atoms with Crippen LogP contribution in [0.15, 0.2) is 0 Å². The number of aromatic nitrogens is 2. The van der Waals surface area contributed by atoms with Crippen LogP contribution in [0.3, 0.4) is 0 Å². The molecule has 0 atom stereocenters. The molecule has 0 bridgehead atoms. The smallest absolute Gasteiger partial charge is 0.267 e. The van der Waals surface area contributed by atoms with Crippen molar-refractivity contribution in [3.05, 3.63) is 10.6 Å². The molecule has 8 heteroatoms. The Morgan fingerprint density at radius 2 is 2.31 bits per heavy atom. The van der Waals surface area contributed by atoms with E-state index < -0.39 is 18.9 Å². The van der Waals surface area contributed by atoms with E-state index in [1.165, 1.54) is 0 Å². The van der Waals surface area contributed by atoms with Crippen LogP contribution in [-0.2, 0) is 0 Å². The Labute approximate surface area is 104 Å². The SMILES string of the molecule is Cc1nnsc1C(=O)N(CCBr)CC(F)F. The molecule has 16 heavy (non-hydrogen) atoms. The first-order chi connectivity index (χ1) is 7.56. The third kappa shape index (κ3) is 3.44. The molecule has 0 fully saturated rings. The first kappa shape index (κ1) is 13.4. The highest BCUT2D eigenvalue weighted by Gasteiger charge is 2.22. The number of carbonyl (C=O) groups excluding carboxylic acids is 1. The quantitative estimate of drug-likeness (QED) is 0.781. The summed E-state index contributed by atoms with van der Waals surface area (Å²) in [7, 11) is 0. The van der Waals surface area contributed by atoms with E-state index >= 15 is 0 Å². The molecule has 1 aromatic heterocycles. The summed E-state index contributed by atoms with van der Waals surface area (Å²) < 4.78 is 28.2. The number of carbonyl (C=O) groups is 1. The van der Waals surface area contributed by atoms with Crippen molar-refractivity contribution >= 4 is 33.4 Å². The second-order valence-electron chi connectivity index (χ2n) is 3.02. The van der Waals surface area contributed by atoms with Crippen LogP contribution in [0.1, 0.15) is 15.4 Å². The summed E-state index contributed by atoms with van der Waals surface area (Å²) in [5.74, 6) is -0.438. The highest BCUT2D eigenvalue weighted by molar-refractivity contribution is 9.09. The lowest BCUT2D eigenvalue weighted by molar-refractivity contribution is 0.0576. The first-order valence-electron chi connectivity index (χ1n) is 4.48. The predicted octanol–water partition coefficient (Wildman–Crippen LogP) is 1.95. The van der Waals surface area contributed by atoms with Gasteiger partial charge in [-0.2, -0.15) is 0 Å². The number of halogens is 3. The lowest BCUT2D eigenvalue weighted by Crippen LogP contribution is -2.36. The first-order valence-corrected chi connectivity index (χ1v) is 6.38. The van der Waals surface area contributed by atoms with Gasteiger partial charge < -0.3 is 4.90 Å². The maximum atomic E-state index is 12.3. The molecule has 0 spiro atoms. The minimum Gasteiger partial charge on any atom is -0.331 e. The van der Waals surface area contributed by atoms with Crippen LogP contribution in [0.5, 0.6) is 0 Å². The third-order valence-electron chi connectivity index (χ3n) is 1.85. The zero-order chi connectivity index (χ0) is 12.1. The van der Waals surface area contributed by atoms with E-state index in [0.29, 0.717) is 15.9 Å². The molecule has 1 rings (SSSR count). The van der Waals surface area contributed by atoms with Crippen molar-refractivity contribution in [3.8, 4) is 0 Å². The number of amides is 1. The number of hydrogen-bond donors (Lipinski definition) is 0. The number of nitrogens with zero attached hydrogens (tertiary/aromatic N) is 3. The van der Waals surface area contributed by atoms with Gasteiger partial charge in [0.25, 0.3) is 12.3 Å². The Kier molecular flexibility index (Phi) is 5.20. The summed E-state index contributed by atoms with van der Waals surface area (Å²) in [6.07, 6.45) is -2.54. The van der Waals surface area contributed by atoms with Crippen LogP contribution in [0.4, 0.5) is 8.78 Å². The molecule has 1 aromatic rings. The fourth-order valence-corrected chi connectivity index (χ4v) is 2.17. The number of rotatable bonds is 5. The molecule has 90 valence electrons. The Morgan fingerprint density at radius 3 is 2.75 bits per heavy atom. The molecular weight excluding hydrogens is 304 g/mol. The average molecular weight is 314 g/mol. The molecule has 0 unspecified atom stereocenters. The molecule has 1 amide bonds. The summed E-state index contributed by atoms with van der Waals surface area (Å²) in [4.78, 5) is 13.3. The van der Waals surface area contributed by atoms with Gasteiger partial charge in [0.1, 0.15) is 4.88 Å². The standard InChI is InChI=1S/C8H10BrF2N3OS/c1-5-7(16-13-12-5)8(15)14(3-2-9)4-6(10)11/h6H,2-4H2,1H3. The van der Waals surface area contributed by atoms with E-state index in [-0.39, 0.29) is 6.54 Å². The Morgan fingerprint density at radius 1 is 1.62 bits per heavy atom. The Bertz CT molecular complexity index is 361. The summed E-state index contributed by atoms with van der Waals surface area (Å²) in [5, 5.41) is 4.14. The van der Waals surface area contributed by atoms with Gasteiger partial charge in [-0.25, -0.2) is 8.78 Å². The highest BCUT2D eigenvalue weighted by Crippen LogP contribution is 2.14. The summed E-state index contributed by atoms with van der Waals surface area (Å²) in [5.41, 5.74) is 0.476. The lowest BCUT2D eigenvalue weighted by Gasteiger charge is -2.20. The average Bonchev–Trinajstić information content (AvgIpc) is 2.62. The second-order valence-corrected chi connectivity index (χ2v) is 4.57. The van der Waals surface area contributed by atoms with Crippen LogP contribution in [0, 0.1) is 6.92 Å². The topological polar surface area (TPSA) is 46.1 Å². The van der Waals surface area contributed by atoms with Gasteiger partial charge in [0, 0.05) is 11.9 Å². The van der Waals surface area contributed by atoms with E-state index in [9.17, 15) is 13.6 Å². The Hall–Kier alpha value is -0.630. The van der Waals surface area contributed by atoms with Crippen molar-refractivity contribution in [2.24, 2.45) is 0 Å². The molecule has 0 radical (unpaired) electrons. The molecule has 0 aliphatic heterocycles. The molecule has 0 N–H and O–H groups in total. The molecule has 0 saturated heterocycles. The van der Waals surface area contributed by atoms with Gasteiger partial charge in [0.15, 0.2) is 0 Å². The van der Waals surface area contributed by atoms with E-state index in [1.54, 1.807) is 6.92 Å². The van der Waals surface area contributed by atoms with Gasteiger partial charge in [-0.3, -0.25) is 4.79 Å². The molecule has 4 nitrogen and oxygen atoms in total. The second kappa shape index (κ2) is 6.19. The summed E-state index contributed by atoms with van der Waals surface area (Å²) in [6.45, 7) is 1.30. The maximum absolute atomic E-state index is 12.3. The van der Waals surface area contributed by atoms with Crippen molar-refractivity contribution in [2.75, 3.05) is 18.4 Å². The number of hydrogen-bond acceptors (Lipinski definition) is 4. The largest absolute Gasteiger partial charge is 0.331 e. The fourth-order valence-electron chi connectivity index (χ4n) is 1.12. The molecule has 0 aliphatic carbocycles. The predicted molar refractivity (Wildman–Crippen MR) is 60.3 cm³/mol. The molecule has 0 aliphatic rings. The highest BCUT2D eigenvalue weighted by atomic mass is 79.9. The van der Waals surface area contributed by atoms with E-state index in [4.69, 9.17) is 0 Å². The zero-order valence-corrected chi connectivity index (χ0v) is 10.9. The monoisotopic (exact) mass is 313 g/mol. The van der Waals surface area contributed by atoms with E-state index in [1.807, 2.05) is 0 Å². The van der Waals surface area contributed by atoms with Crippen LogP contribution in [0.2, 0.25) is 0 Å². The number of aryl methyl sites for hydroxylation is 1. The lowest BCUT2D eigenvalue weighted by atomic mass is 10.3. The van der Waals surface area contributed by atoms with Crippen molar-refractivity contribution in [2.45, 2.75) is 13.3 Å². The van der Waals surface area contributed by atoms with Crippen molar-refractivity contribution < 1.29 is 13.6 Å². The molecular formula is C8H10BrF2N3OS. The van der Waals surface area contributed by atoms with E-state index in [0.717, 1.165) is 16.4 Å². The normalized spacial score (nSPS) is 10.8. The molecule has 1 heterocycles. The van der Waals surface area contributed by atoms with Gasteiger partial charge in [0.2, 0.25) is 0 Å². The number of alkyl halides is 3. The zero-order valence-electron chi connectivity index (χ0n) is 8.49. The molecule has 0 saturated carbocycles. The van der Waals surface area contributed by atoms with Crippen LogP contribution < -0.4 is 0 Å². The van der Waals surface area contributed by atoms with Gasteiger partial charge in [-0.05, 0) is 18.5 Å². The van der Waals surface area contributed by atoms with Gasteiger partial charge in [-0.15, -0.1) is 5.10 Å². The van der Waals surface area contributed by atoms with Gasteiger partial charge in [0.05, 0.1) is 12.2 Å². The minimum atomic E-state index is -2.54. The minimum absolute atomic E-state index is 0.237. The summed E-state index contributed by atoms with van der Waals surface area (Å²) >= 11 is 4.05. The fraction of sp³-hybridized carbons (Fsp3) is 0.625. The van der Waals surface area contributed by atoms with Crippen molar-refractivity contribution in [1.29, 1.82) is 0 Å². The van der Waals surface area contributed by atoms with Crippen LogP contribution >= 0.6 is 27.5 Å². The Balaban J connectivity index is 2.78. The third-order valence-corrected chi connectivity index (χ3v) is 3.02.